The molecule has 3 aliphatic rings. The van der Waals surface area contributed by atoms with E-state index < -0.39 is 29.7 Å². The fraction of sp³-hybridized carbons (Fsp3) is 0.371. The molecule has 0 saturated heterocycles. The Balaban J connectivity index is 0.00000417. The molecule has 5 heterocycles. The summed E-state index contributed by atoms with van der Waals surface area (Å²) < 4.78 is 5.06. The number of fused-ring (bicyclic) bond motifs is 8. The van der Waals surface area contributed by atoms with Gasteiger partial charge in [-0.3, -0.25) is 9.97 Å². The molecule has 0 aromatic carbocycles. The first-order chi connectivity index (χ1) is 21.4. The van der Waals surface area contributed by atoms with Gasteiger partial charge in [0.05, 0.1) is 30.2 Å². The van der Waals surface area contributed by atoms with Crippen LogP contribution >= 0.6 is 0 Å². The fourth-order valence-electron chi connectivity index (χ4n) is 7.04. The van der Waals surface area contributed by atoms with E-state index in [4.69, 9.17) is 24.7 Å². The van der Waals surface area contributed by atoms with Gasteiger partial charge in [-0.05, 0) is 62.8 Å². The molecule has 1 N–H and O–H groups in total. The first-order valence-electron chi connectivity index (χ1n) is 15.1. The molecule has 0 saturated carbocycles. The van der Waals surface area contributed by atoms with Crippen LogP contribution in [0.1, 0.15) is 115 Å². The van der Waals surface area contributed by atoms with Crippen molar-refractivity contribution in [1.29, 1.82) is 0 Å². The molecule has 0 amide bonds. The number of hydrogen-bond acceptors (Lipinski definition) is 8. The summed E-state index contributed by atoms with van der Waals surface area (Å²) in [7, 11) is 1.21. The molecule has 10 nitrogen and oxygen atoms in total. The summed E-state index contributed by atoms with van der Waals surface area (Å²) in [5.74, 6) is -3.34. The molecule has 6 rings (SSSR count). The number of carboxylic acids is 1. The number of aliphatic hydroxyl groups excluding tert-OH is 1. The smallest absolute Gasteiger partial charge is 0.871 e. The number of aliphatic hydroxyl groups is 1. The Morgan fingerprint density at radius 1 is 1.04 bits per heavy atom. The number of allylic oxidation sites excluding steroid dienone is 2. The maximum absolute atomic E-state index is 13.9. The molecule has 46 heavy (non-hydrogen) atoms. The molecular formula is C35H34MgN4O6-2. The molecule has 1 aliphatic carbocycles. The summed E-state index contributed by atoms with van der Waals surface area (Å²) in [4.78, 5) is 44.5. The average Bonchev–Trinajstić information content (AvgIpc) is 3.72. The van der Waals surface area contributed by atoms with E-state index in [0.29, 0.717) is 55.8 Å². The molecule has 4 atom stereocenters. The minimum atomic E-state index is -1.21. The largest absolute Gasteiger partial charge is 2.00 e. The third-order valence-electron chi connectivity index (χ3n) is 9.48. The van der Waals surface area contributed by atoms with Gasteiger partial charge in [0, 0.05) is 35.1 Å². The minimum Gasteiger partial charge on any atom is -0.871 e. The molecule has 0 fully saturated rings. The Bertz CT molecular complexity index is 2020. The van der Waals surface area contributed by atoms with Crippen molar-refractivity contribution < 1.29 is 29.6 Å². The van der Waals surface area contributed by atoms with Crippen LogP contribution in [0.5, 0.6) is 0 Å². The van der Waals surface area contributed by atoms with Crippen molar-refractivity contribution in [2.45, 2.75) is 78.2 Å². The van der Waals surface area contributed by atoms with Gasteiger partial charge in [-0.25, -0.2) is 4.79 Å². The molecule has 2 aliphatic heterocycles. The number of carbonyl (C=O) groups excluding carboxylic acids is 2. The monoisotopic (exact) mass is 630 g/mol. The van der Waals surface area contributed by atoms with Crippen LogP contribution in [0.25, 0.3) is 39.0 Å². The zero-order valence-electron chi connectivity index (χ0n) is 27.0. The molecule has 0 radical (unpaired) electrons. The van der Waals surface area contributed by atoms with Gasteiger partial charge in [0.25, 0.3) is 0 Å². The van der Waals surface area contributed by atoms with Crippen LogP contribution < -0.4 is 20.2 Å². The van der Waals surface area contributed by atoms with Crippen molar-refractivity contribution in [2.24, 2.45) is 0 Å². The van der Waals surface area contributed by atoms with Crippen molar-refractivity contribution in [2.75, 3.05) is 7.11 Å². The van der Waals surface area contributed by atoms with Gasteiger partial charge in [0.1, 0.15) is 0 Å². The topological polar surface area (TPSA) is 164 Å². The SMILES string of the molecule is C/C=C1/c2cc3[n-]c4c(c5nc(cc6[n-]c(cc(n2)[C@@H]1C)c(C(C)O)c6C)[C@@H](C)[C@@H]5CCC(=O)[O-])C(C(=O)OC)=C([O-])c4c3C.[Mg+2]. The molecule has 1 unspecified atom stereocenters. The summed E-state index contributed by atoms with van der Waals surface area (Å²) in [5.41, 5.74) is 8.02. The number of nitrogens with zero attached hydrogens (tertiary/aromatic N) is 4. The van der Waals surface area contributed by atoms with E-state index in [1.807, 2.05) is 45.0 Å². The number of aromatic nitrogens is 4. The van der Waals surface area contributed by atoms with Crippen LogP contribution in [0.4, 0.5) is 0 Å². The van der Waals surface area contributed by atoms with E-state index in [9.17, 15) is 24.9 Å². The van der Waals surface area contributed by atoms with E-state index in [1.165, 1.54) is 7.11 Å². The molecule has 3 aromatic heterocycles. The third-order valence-corrected chi connectivity index (χ3v) is 9.48. The van der Waals surface area contributed by atoms with Crippen LogP contribution in [0.15, 0.2) is 24.3 Å². The van der Waals surface area contributed by atoms with Gasteiger partial charge in [-0.15, -0.1) is 22.1 Å². The number of aliphatic carboxylic acids is 1. The summed E-state index contributed by atoms with van der Waals surface area (Å²) in [6, 6.07) is 5.59. The number of aryl methyl sites for hydroxylation is 2. The van der Waals surface area contributed by atoms with Gasteiger partial charge >= 0.3 is 29.0 Å². The van der Waals surface area contributed by atoms with Crippen LogP contribution in [0, 0.1) is 13.8 Å². The van der Waals surface area contributed by atoms with Gasteiger partial charge in [-0.2, -0.15) is 0 Å². The Morgan fingerprint density at radius 2 is 1.72 bits per heavy atom. The number of carboxylic acid groups (broad SMARTS) is 1. The number of ether oxygens (including phenoxy) is 1. The standard InChI is InChI=1S/C35H38N4O6.Mg/c1-8-19-14(2)21-13-26-28(18(6)40)16(4)23(37-26)11-22-15(3)20(9-10-27(41)42)32(38-22)30-31(35(44)45-7)34(43)29-17(5)24(39-33(29)30)12-25(19)36-21;/h8,11-15,18,20,40H,9-10H2,1-7H3,(H4,36,37,38,39,41,42,43,44);/q;+2/p-4/b19-8+;/t14-,15+,18?,20+;/m1./s1. The predicted octanol–water partition coefficient (Wildman–Crippen LogP) is 3.20. The van der Waals surface area contributed by atoms with Crippen LogP contribution in [0.3, 0.4) is 0 Å². The van der Waals surface area contributed by atoms with Crippen molar-refractivity contribution >= 4 is 74.0 Å². The van der Waals surface area contributed by atoms with Crippen molar-refractivity contribution in [3.05, 3.63) is 74.9 Å². The van der Waals surface area contributed by atoms with Crippen molar-refractivity contribution in [1.82, 2.24) is 19.9 Å². The average molecular weight is 631 g/mol. The van der Waals surface area contributed by atoms with Gasteiger partial charge in [0.2, 0.25) is 0 Å². The van der Waals surface area contributed by atoms with Crippen molar-refractivity contribution in [3.63, 3.8) is 0 Å². The minimum absolute atomic E-state index is 0. The molecule has 11 heteroatoms. The third kappa shape index (κ3) is 5.14. The molecule has 3 aromatic rings. The second kappa shape index (κ2) is 12.3. The van der Waals surface area contributed by atoms with E-state index in [2.05, 4.69) is 6.92 Å². The molecule has 0 spiro atoms. The maximum atomic E-state index is 13.9. The fourth-order valence-corrected chi connectivity index (χ4v) is 7.04. The van der Waals surface area contributed by atoms with E-state index >= 15 is 0 Å². The number of rotatable bonds is 5. The molecule has 234 valence electrons. The van der Waals surface area contributed by atoms with E-state index in [1.54, 1.807) is 13.8 Å². The number of hydrogen-bond donors (Lipinski definition) is 1. The van der Waals surface area contributed by atoms with Crippen LogP contribution in [0.2, 0.25) is 0 Å². The Morgan fingerprint density at radius 3 is 2.35 bits per heavy atom. The number of carbonyl (C=O) groups is 2. The van der Waals surface area contributed by atoms with Crippen molar-refractivity contribution in [3.8, 4) is 0 Å². The number of esters is 1. The molecule has 8 bridgehead atoms. The van der Waals surface area contributed by atoms with Gasteiger partial charge in [0.15, 0.2) is 0 Å². The normalized spacial score (nSPS) is 20.2. The number of methoxy groups -OCH3 is 1. The predicted molar refractivity (Wildman–Crippen MR) is 171 cm³/mol. The summed E-state index contributed by atoms with van der Waals surface area (Å²) in [6.07, 6.45) is 1.13. The second-order valence-corrected chi connectivity index (χ2v) is 12.1. The molecular weight excluding hydrogens is 597 g/mol. The summed E-state index contributed by atoms with van der Waals surface area (Å²) >= 11 is 0. The van der Waals surface area contributed by atoms with E-state index in [0.717, 1.165) is 16.8 Å². The van der Waals surface area contributed by atoms with Gasteiger partial charge < -0.3 is 34.8 Å². The summed E-state index contributed by atoms with van der Waals surface area (Å²) in [6.45, 7) is 11.3. The van der Waals surface area contributed by atoms with Crippen LogP contribution in [-0.2, 0) is 14.3 Å². The quantitative estimate of drug-likeness (QED) is 0.327. The van der Waals surface area contributed by atoms with Crippen LogP contribution in [-0.4, -0.2) is 57.2 Å². The summed E-state index contributed by atoms with van der Waals surface area (Å²) in [5, 5.41) is 36.3. The second-order valence-electron chi connectivity index (χ2n) is 12.1. The zero-order valence-corrected chi connectivity index (χ0v) is 28.4. The zero-order chi connectivity index (χ0) is 32.5. The Kier molecular flexibility index (Phi) is 8.97. The maximum Gasteiger partial charge on any atom is 2.00 e. The Labute approximate surface area is 282 Å². The van der Waals surface area contributed by atoms with Gasteiger partial charge in [-0.1, -0.05) is 55.0 Å². The Hall–Kier alpha value is -3.93. The first-order valence-corrected chi connectivity index (χ1v) is 15.1. The first kappa shape index (κ1) is 33.4. The van der Waals surface area contributed by atoms with E-state index in [-0.39, 0.29) is 58.9 Å².